The lowest BCUT2D eigenvalue weighted by Gasteiger charge is -2.60. The predicted octanol–water partition coefficient (Wildman–Crippen LogP) is 7.22. The topological polar surface area (TPSA) is 43.4 Å². The third-order valence-corrected chi connectivity index (χ3v) is 10.8. The summed E-state index contributed by atoms with van der Waals surface area (Å²) in [7, 11) is 0. The van der Waals surface area contributed by atoms with Crippen molar-refractivity contribution >= 4 is 11.8 Å². The smallest absolute Gasteiger partial charge is 0.302 e. The fourth-order valence-corrected chi connectivity index (χ4v) is 9.50. The molecule has 0 spiro atoms. The Hall–Kier alpha value is -0.860. The highest BCUT2D eigenvalue weighted by Crippen LogP contribution is 2.68. The van der Waals surface area contributed by atoms with Gasteiger partial charge in [-0.1, -0.05) is 66.7 Å². The van der Waals surface area contributed by atoms with E-state index in [0.29, 0.717) is 41.3 Å². The van der Waals surface area contributed by atoms with E-state index in [2.05, 4.69) is 34.6 Å². The van der Waals surface area contributed by atoms with Crippen LogP contribution in [0.15, 0.2) is 0 Å². The van der Waals surface area contributed by atoms with Crippen molar-refractivity contribution in [2.24, 2.45) is 52.3 Å². The Kier molecular flexibility index (Phi) is 6.87. The van der Waals surface area contributed by atoms with E-state index >= 15 is 0 Å². The van der Waals surface area contributed by atoms with Crippen LogP contribution < -0.4 is 0 Å². The quantitative estimate of drug-likeness (QED) is 0.406. The van der Waals surface area contributed by atoms with Crippen LogP contribution in [0.4, 0.5) is 0 Å². The Morgan fingerprint density at radius 1 is 1.03 bits per heavy atom. The zero-order chi connectivity index (χ0) is 23.3. The monoisotopic (exact) mass is 444 g/mol. The van der Waals surface area contributed by atoms with Crippen LogP contribution in [0.3, 0.4) is 0 Å². The van der Waals surface area contributed by atoms with Crippen LogP contribution in [0.25, 0.3) is 0 Å². The Morgan fingerprint density at radius 3 is 2.47 bits per heavy atom. The summed E-state index contributed by atoms with van der Waals surface area (Å²) >= 11 is 0. The fourth-order valence-electron chi connectivity index (χ4n) is 9.50. The maximum atomic E-state index is 13.4. The van der Waals surface area contributed by atoms with Crippen LogP contribution >= 0.6 is 0 Å². The largest absolute Gasteiger partial charge is 0.462 e. The number of carbonyl (C=O) groups excluding carboxylic acids is 2. The van der Waals surface area contributed by atoms with Gasteiger partial charge in [-0.25, -0.2) is 0 Å². The molecule has 0 aromatic carbocycles. The van der Waals surface area contributed by atoms with E-state index in [9.17, 15) is 9.59 Å². The highest BCUT2D eigenvalue weighted by atomic mass is 16.5. The summed E-state index contributed by atoms with van der Waals surface area (Å²) in [6.45, 7) is 13.6. The van der Waals surface area contributed by atoms with Crippen molar-refractivity contribution in [2.75, 3.05) is 0 Å². The molecule has 0 aliphatic heterocycles. The molecule has 0 radical (unpaired) electrons. The van der Waals surface area contributed by atoms with Gasteiger partial charge < -0.3 is 4.74 Å². The number of esters is 1. The molecule has 0 saturated heterocycles. The second kappa shape index (κ2) is 9.06. The molecular formula is C29H48O3. The molecule has 182 valence electrons. The number of ether oxygens (including phenoxy) is 1. The normalized spacial score (nSPS) is 44.5. The summed E-state index contributed by atoms with van der Waals surface area (Å²) in [6.07, 6.45) is 12.9. The first kappa shape index (κ1) is 24.3. The van der Waals surface area contributed by atoms with Crippen LogP contribution in [0.2, 0.25) is 0 Å². The molecule has 4 fully saturated rings. The van der Waals surface area contributed by atoms with Crippen molar-refractivity contribution in [2.45, 2.75) is 118 Å². The highest BCUT2D eigenvalue weighted by Gasteiger charge is 2.64. The summed E-state index contributed by atoms with van der Waals surface area (Å²) in [6, 6.07) is 0. The van der Waals surface area contributed by atoms with Crippen LogP contribution in [-0.2, 0) is 14.3 Å². The van der Waals surface area contributed by atoms with Crippen LogP contribution in [-0.4, -0.2) is 17.9 Å². The van der Waals surface area contributed by atoms with E-state index in [4.69, 9.17) is 4.74 Å². The van der Waals surface area contributed by atoms with Gasteiger partial charge in [0.05, 0.1) is 0 Å². The molecule has 32 heavy (non-hydrogen) atoms. The zero-order valence-electron chi connectivity index (χ0n) is 21.6. The van der Waals surface area contributed by atoms with E-state index in [0.717, 1.165) is 25.2 Å². The van der Waals surface area contributed by atoms with Crippen molar-refractivity contribution in [1.29, 1.82) is 0 Å². The fraction of sp³-hybridized carbons (Fsp3) is 0.931. The number of fused-ring (bicyclic) bond motifs is 5. The molecule has 0 heterocycles. The summed E-state index contributed by atoms with van der Waals surface area (Å²) in [5.41, 5.74) is 0.397. The first-order valence-corrected chi connectivity index (χ1v) is 13.8. The third-order valence-electron chi connectivity index (χ3n) is 10.8. The molecule has 0 aromatic rings. The lowest BCUT2D eigenvalue weighted by atomic mass is 9.44. The highest BCUT2D eigenvalue weighted by molar-refractivity contribution is 5.83. The van der Waals surface area contributed by atoms with Gasteiger partial charge in [0.15, 0.2) is 0 Å². The lowest BCUT2D eigenvalue weighted by Crippen LogP contribution is -2.56. The van der Waals surface area contributed by atoms with Gasteiger partial charge in [0.1, 0.15) is 11.9 Å². The number of rotatable bonds is 6. The van der Waals surface area contributed by atoms with Crippen LogP contribution in [0.5, 0.6) is 0 Å². The molecule has 3 heteroatoms. The van der Waals surface area contributed by atoms with Gasteiger partial charge in [-0.15, -0.1) is 0 Å². The number of ketones is 1. The minimum Gasteiger partial charge on any atom is -0.462 e. The molecule has 4 rings (SSSR count). The molecule has 9 atom stereocenters. The summed E-state index contributed by atoms with van der Waals surface area (Å²) in [5, 5.41) is 0. The third kappa shape index (κ3) is 4.09. The Morgan fingerprint density at radius 2 is 1.78 bits per heavy atom. The molecule has 4 aliphatic carbocycles. The van der Waals surface area contributed by atoms with Crippen molar-refractivity contribution in [1.82, 2.24) is 0 Å². The van der Waals surface area contributed by atoms with Crippen LogP contribution in [0.1, 0.15) is 112 Å². The van der Waals surface area contributed by atoms with E-state index in [1.165, 1.54) is 51.4 Å². The standard InChI is InChI=1S/C29H48O3/c1-18(2)10-9-11-19(3)27-26(32-20(4)30)17-24-21-16-25(31)23-12-7-8-14-28(23,5)22(21)13-15-29(24,27)6/h18-19,21-24,26-27H,7-17H2,1-6H3/t19-,21-,22+,23?,24+,26?,27+,28-,29+/m1/s1. The second-order valence-corrected chi connectivity index (χ2v) is 13.1. The van der Waals surface area contributed by atoms with Gasteiger partial charge in [-0.3, -0.25) is 9.59 Å². The Balaban J connectivity index is 1.60. The first-order valence-electron chi connectivity index (χ1n) is 13.8. The van der Waals surface area contributed by atoms with Gasteiger partial charge in [-0.2, -0.15) is 0 Å². The van der Waals surface area contributed by atoms with E-state index < -0.39 is 0 Å². The van der Waals surface area contributed by atoms with Crippen LogP contribution in [0, 0.1) is 52.3 Å². The molecular weight excluding hydrogens is 396 g/mol. The van der Waals surface area contributed by atoms with Gasteiger partial charge in [0, 0.05) is 25.2 Å². The maximum Gasteiger partial charge on any atom is 0.302 e. The van der Waals surface area contributed by atoms with Gasteiger partial charge in [-0.05, 0) is 72.5 Å². The minimum absolute atomic E-state index is 0.0299. The maximum absolute atomic E-state index is 13.4. The molecule has 0 N–H and O–H groups in total. The van der Waals surface area contributed by atoms with E-state index in [1.807, 2.05) is 0 Å². The molecule has 0 aromatic heterocycles. The number of hydrogen-bond donors (Lipinski definition) is 0. The average molecular weight is 445 g/mol. The summed E-state index contributed by atoms with van der Waals surface area (Å²) in [4.78, 5) is 25.5. The number of carbonyl (C=O) groups is 2. The van der Waals surface area contributed by atoms with Gasteiger partial charge in [0.25, 0.3) is 0 Å². The van der Waals surface area contributed by atoms with Gasteiger partial charge >= 0.3 is 5.97 Å². The second-order valence-electron chi connectivity index (χ2n) is 13.1. The van der Waals surface area contributed by atoms with Crippen molar-refractivity contribution < 1.29 is 14.3 Å². The molecule has 2 unspecified atom stereocenters. The van der Waals surface area contributed by atoms with Crippen molar-refractivity contribution in [3.05, 3.63) is 0 Å². The number of hydrogen-bond acceptors (Lipinski definition) is 3. The first-order chi connectivity index (χ1) is 15.1. The lowest BCUT2D eigenvalue weighted by molar-refractivity contribution is -0.154. The molecule has 0 bridgehead atoms. The zero-order valence-corrected chi connectivity index (χ0v) is 21.6. The molecule has 3 nitrogen and oxygen atoms in total. The average Bonchev–Trinajstić information content (AvgIpc) is 2.99. The molecule has 0 amide bonds. The Bertz CT molecular complexity index is 713. The number of Topliss-reactive ketones (excluding diaryl/α,β-unsaturated/α-hetero) is 1. The van der Waals surface area contributed by atoms with E-state index in [-0.39, 0.29) is 22.9 Å². The summed E-state index contributed by atoms with van der Waals surface area (Å²) in [5.74, 6) is 4.14. The van der Waals surface area contributed by atoms with Crippen molar-refractivity contribution in [3.63, 3.8) is 0 Å². The summed E-state index contributed by atoms with van der Waals surface area (Å²) < 4.78 is 6.04. The predicted molar refractivity (Wildman–Crippen MR) is 129 cm³/mol. The van der Waals surface area contributed by atoms with Crippen molar-refractivity contribution in [3.8, 4) is 0 Å². The minimum atomic E-state index is -0.132. The SMILES string of the molecule is CC(=O)OC1C[C@H]2[C@@H]3CC(=O)C4CCCC[C@]4(C)[C@H]3CC[C@]2(C)[C@H]1[C@H](C)CCCC(C)C. The molecule has 4 aliphatic rings. The van der Waals surface area contributed by atoms with Gasteiger partial charge in [0.2, 0.25) is 0 Å². The Labute approximate surface area is 196 Å². The molecule has 4 saturated carbocycles. The van der Waals surface area contributed by atoms with E-state index in [1.54, 1.807) is 6.92 Å².